The molecule has 0 saturated carbocycles. The van der Waals surface area contributed by atoms with Gasteiger partial charge in [-0.1, -0.05) is 26.7 Å². The van der Waals surface area contributed by atoms with Crippen LogP contribution in [0, 0.1) is 11.7 Å². The molecule has 0 unspecified atom stereocenters. The molecule has 0 radical (unpaired) electrons. The molecule has 4 heteroatoms. The molecule has 2 N–H and O–H groups in total. The van der Waals surface area contributed by atoms with Crippen molar-refractivity contribution in [2.24, 2.45) is 5.92 Å². The third-order valence-electron chi connectivity index (χ3n) is 2.85. The van der Waals surface area contributed by atoms with Crippen LogP contribution >= 0.6 is 0 Å². The van der Waals surface area contributed by atoms with E-state index in [4.69, 9.17) is 5.11 Å². The summed E-state index contributed by atoms with van der Waals surface area (Å²) in [5, 5.41) is 11.9. The molecule has 0 amide bonds. The quantitative estimate of drug-likeness (QED) is 0.783. The van der Waals surface area contributed by atoms with Gasteiger partial charge in [-0.05, 0) is 12.0 Å². The van der Waals surface area contributed by atoms with Crippen molar-refractivity contribution in [3.8, 4) is 0 Å². The number of aromatic nitrogens is 1. The first-order chi connectivity index (χ1) is 7.72. The number of aliphatic hydroxyl groups excluding tert-OH is 1. The molecule has 1 heterocycles. The molecule has 90 valence electrons. The molecule has 1 aromatic heterocycles. The Kier molecular flexibility index (Phi) is 5.19. The van der Waals surface area contributed by atoms with Crippen LogP contribution in [0.1, 0.15) is 32.3 Å². The fourth-order valence-electron chi connectivity index (χ4n) is 1.55. The van der Waals surface area contributed by atoms with Crippen LogP contribution in [0.2, 0.25) is 0 Å². The smallest absolute Gasteiger partial charge is 0.170 e. The van der Waals surface area contributed by atoms with E-state index in [0.29, 0.717) is 12.5 Å². The van der Waals surface area contributed by atoms with Crippen molar-refractivity contribution in [3.05, 3.63) is 23.6 Å². The van der Waals surface area contributed by atoms with E-state index in [1.807, 2.05) is 0 Å². The Morgan fingerprint density at radius 3 is 2.69 bits per heavy atom. The zero-order chi connectivity index (χ0) is 12.0. The van der Waals surface area contributed by atoms with E-state index in [2.05, 4.69) is 24.1 Å². The Labute approximate surface area is 95.7 Å². The first-order valence-corrected chi connectivity index (χ1v) is 5.71. The number of anilines is 1. The number of aliphatic hydroxyl groups is 1. The minimum absolute atomic E-state index is 0.235. The van der Waals surface area contributed by atoms with E-state index in [1.165, 1.54) is 12.3 Å². The van der Waals surface area contributed by atoms with Crippen molar-refractivity contribution in [3.63, 3.8) is 0 Å². The summed E-state index contributed by atoms with van der Waals surface area (Å²) in [6, 6.07) is 1.48. The monoisotopic (exact) mass is 226 g/mol. The van der Waals surface area contributed by atoms with Gasteiger partial charge in [0, 0.05) is 18.3 Å². The zero-order valence-electron chi connectivity index (χ0n) is 9.83. The third kappa shape index (κ3) is 3.17. The Balaban J connectivity index is 2.66. The van der Waals surface area contributed by atoms with E-state index < -0.39 is 5.82 Å². The number of hydrogen-bond acceptors (Lipinski definition) is 3. The Morgan fingerprint density at radius 2 is 2.12 bits per heavy atom. The van der Waals surface area contributed by atoms with Crippen LogP contribution in [0.4, 0.5) is 10.2 Å². The van der Waals surface area contributed by atoms with Crippen molar-refractivity contribution < 1.29 is 9.50 Å². The molecular formula is C12H19FN2O. The highest BCUT2D eigenvalue weighted by atomic mass is 19.1. The molecule has 0 saturated heterocycles. The summed E-state index contributed by atoms with van der Waals surface area (Å²) in [7, 11) is 0. The van der Waals surface area contributed by atoms with Crippen LogP contribution in [0.5, 0.6) is 0 Å². The van der Waals surface area contributed by atoms with Crippen molar-refractivity contribution in [2.45, 2.75) is 33.3 Å². The molecule has 0 atom stereocenters. The average molecular weight is 226 g/mol. The number of nitrogens with zero attached hydrogens (tertiary/aromatic N) is 1. The summed E-state index contributed by atoms with van der Waals surface area (Å²) in [6.07, 6.45) is 3.62. The number of rotatable bonds is 6. The Morgan fingerprint density at radius 1 is 1.44 bits per heavy atom. The topological polar surface area (TPSA) is 45.2 Å². The first-order valence-electron chi connectivity index (χ1n) is 5.71. The lowest BCUT2D eigenvalue weighted by Crippen LogP contribution is -2.15. The predicted octanol–water partition coefficient (Wildman–Crippen LogP) is 2.56. The molecule has 0 fully saturated rings. The summed E-state index contributed by atoms with van der Waals surface area (Å²) in [5.41, 5.74) is 0.280. The Hall–Kier alpha value is -1.16. The van der Waals surface area contributed by atoms with Crippen molar-refractivity contribution in [2.75, 3.05) is 11.9 Å². The standard InChI is InChI=1S/C12H19FN2O/c1-3-9(4-2)7-15-12-11(13)10(8-16)5-6-14-12/h5-6,9,16H,3-4,7-8H2,1-2H3,(H,14,15). The second-order valence-electron chi connectivity index (χ2n) is 3.85. The highest BCUT2D eigenvalue weighted by molar-refractivity contribution is 5.39. The summed E-state index contributed by atoms with van der Waals surface area (Å²) >= 11 is 0. The second kappa shape index (κ2) is 6.43. The molecule has 3 nitrogen and oxygen atoms in total. The number of pyridine rings is 1. The lowest BCUT2D eigenvalue weighted by Gasteiger charge is -2.14. The lowest BCUT2D eigenvalue weighted by molar-refractivity contribution is 0.275. The molecule has 1 aromatic rings. The highest BCUT2D eigenvalue weighted by Gasteiger charge is 2.10. The highest BCUT2D eigenvalue weighted by Crippen LogP contribution is 2.16. The van der Waals surface area contributed by atoms with Gasteiger partial charge < -0.3 is 10.4 Å². The molecule has 0 aromatic carbocycles. The molecule has 0 spiro atoms. The first kappa shape index (κ1) is 12.9. The molecule has 0 aliphatic heterocycles. The van der Waals surface area contributed by atoms with Gasteiger partial charge in [-0.2, -0.15) is 0 Å². The van der Waals surface area contributed by atoms with Gasteiger partial charge in [0.15, 0.2) is 11.6 Å². The average Bonchev–Trinajstić information content (AvgIpc) is 2.32. The van der Waals surface area contributed by atoms with Gasteiger partial charge >= 0.3 is 0 Å². The van der Waals surface area contributed by atoms with E-state index in [0.717, 1.165) is 12.8 Å². The molecule has 0 aliphatic carbocycles. The van der Waals surface area contributed by atoms with Crippen LogP contribution in [0.25, 0.3) is 0 Å². The van der Waals surface area contributed by atoms with E-state index in [9.17, 15) is 4.39 Å². The molecule has 1 rings (SSSR count). The van der Waals surface area contributed by atoms with Crippen molar-refractivity contribution >= 4 is 5.82 Å². The molecule has 0 bridgehead atoms. The van der Waals surface area contributed by atoms with Gasteiger partial charge in [0.05, 0.1) is 6.61 Å². The third-order valence-corrected chi connectivity index (χ3v) is 2.85. The molecule has 16 heavy (non-hydrogen) atoms. The van der Waals surface area contributed by atoms with Crippen LogP contribution < -0.4 is 5.32 Å². The maximum Gasteiger partial charge on any atom is 0.170 e. The summed E-state index contributed by atoms with van der Waals surface area (Å²) in [4.78, 5) is 3.93. The fourth-order valence-corrected chi connectivity index (χ4v) is 1.55. The summed E-state index contributed by atoms with van der Waals surface area (Å²) in [5.74, 6) is 0.313. The van der Waals surface area contributed by atoms with E-state index in [1.54, 1.807) is 0 Å². The van der Waals surface area contributed by atoms with E-state index >= 15 is 0 Å². The van der Waals surface area contributed by atoms with Crippen LogP contribution in [-0.2, 0) is 6.61 Å². The van der Waals surface area contributed by atoms with Gasteiger partial charge in [-0.15, -0.1) is 0 Å². The minimum Gasteiger partial charge on any atom is -0.392 e. The SMILES string of the molecule is CCC(CC)CNc1nccc(CO)c1F. The number of hydrogen-bond donors (Lipinski definition) is 2. The van der Waals surface area contributed by atoms with E-state index in [-0.39, 0.29) is 18.0 Å². The predicted molar refractivity (Wildman–Crippen MR) is 62.7 cm³/mol. The van der Waals surface area contributed by atoms with Gasteiger partial charge in [0.25, 0.3) is 0 Å². The van der Waals surface area contributed by atoms with Gasteiger partial charge in [0.1, 0.15) is 0 Å². The largest absolute Gasteiger partial charge is 0.392 e. The number of halogens is 1. The normalized spacial score (nSPS) is 10.8. The van der Waals surface area contributed by atoms with Gasteiger partial charge in [-0.3, -0.25) is 0 Å². The maximum absolute atomic E-state index is 13.6. The minimum atomic E-state index is -0.448. The van der Waals surface area contributed by atoms with Crippen LogP contribution in [0.3, 0.4) is 0 Å². The maximum atomic E-state index is 13.6. The van der Waals surface area contributed by atoms with Crippen LogP contribution in [-0.4, -0.2) is 16.6 Å². The molecule has 0 aliphatic rings. The number of nitrogens with one attached hydrogen (secondary N) is 1. The van der Waals surface area contributed by atoms with Crippen molar-refractivity contribution in [1.29, 1.82) is 0 Å². The van der Waals surface area contributed by atoms with Gasteiger partial charge in [0.2, 0.25) is 0 Å². The van der Waals surface area contributed by atoms with Gasteiger partial charge in [-0.25, -0.2) is 9.37 Å². The van der Waals surface area contributed by atoms with Crippen LogP contribution in [0.15, 0.2) is 12.3 Å². The summed E-state index contributed by atoms with van der Waals surface area (Å²) < 4.78 is 13.6. The fraction of sp³-hybridized carbons (Fsp3) is 0.583. The van der Waals surface area contributed by atoms with Crippen molar-refractivity contribution in [1.82, 2.24) is 4.98 Å². The zero-order valence-corrected chi connectivity index (χ0v) is 9.83. The summed E-state index contributed by atoms with van der Waals surface area (Å²) in [6.45, 7) is 4.65. The lowest BCUT2D eigenvalue weighted by atomic mass is 10.0. The Bertz CT molecular complexity index is 327. The second-order valence-corrected chi connectivity index (χ2v) is 3.85. The molecular weight excluding hydrogens is 207 g/mol.